The van der Waals surface area contributed by atoms with E-state index in [1.807, 2.05) is 68.4 Å². The largest absolute Gasteiger partial charge is 0.497 e. The molecular weight excluding hydrogens is 464 g/mol. The highest BCUT2D eigenvalue weighted by Crippen LogP contribution is 2.25. The molecule has 0 aromatic heterocycles. The molecule has 7 nitrogen and oxygen atoms in total. The summed E-state index contributed by atoms with van der Waals surface area (Å²) < 4.78 is 39.1. The molecule has 0 aliphatic carbocycles. The first-order valence-corrected chi connectivity index (χ1v) is 12.9. The Hall–Kier alpha value is -3.36. The van der Waals surface area contributed by atoms with Crippen molar-refractivity contribution in [2.45, 2.75) is 38.3 Å². The average Bonchev–Trinajstić information content (AvgIpc) is 2.85. The second-order valence-electron chi connectivity index (χ2n) is 8.18. The molecule has 0 fully saturated rings. The fourth-order valence-corrected chi connectivity index (χ4v) is 5.16. The third-order valence-electron chi connectivity index (χ3n) is 5.60. The number of hydrogen-bond donors (Lipinski definition) is 1. The highest BCUT2D eigenvalue weighted by atomic mass is 32.2. The van der Waals surface area contributed by atoms with Gasteiger partial charge in [-0.3, -0.25) is 4.79 Å². The van der Waals surface area contributed by atoms with Crippen molar-refractivity contribution in [3.8, 4) is 11.5 Å². The van der Waals surface area contributed by atoms with E-state index in [2.05, 4.69) is 5.32 Å². The highest BCUT2D eigenvalue weighted by molar-refractivity contribution is 7.89. The van der Waals surface area contributed by atoms with Gasteiger partial charge in [-0.25, -0.2) is 8.42 Å². The molecule has 186 valence electrons. The van der Waals surface area contributed by atoms with E-state index in [-0.39, 0.29) is 24.0 Å². The Morgan fingerprint density at radius 1 is 1.03 bits per heavy atom. The zero-order chi connectivity index (χ0) is 25.4. The van der Waals surface area contributed by atoms with E-state index in [0.29, 0.717) is 17.9 Å². The Morgan fingerprint density at radius 2 is 1.71 bits per heavy atom. The summed E-state index contributed by atoms with van der Waals surface area (Å²) in [5.41, 5.74) is 2.39. The van der Waals surface area contributed by atoms with Crippen LogP contribution < -0.4 is 14.8 Å². The molecule has 3 aromatic carbocycles. The van der Waals surface area contributed by atoms with Crippen molar-refractivity contribution in [1.29, 1.82) is 0 Å². The van der Waals surface area contributed by atoms with Crippen LogP contribution in [0.4, 0.5) is 0 Å². The lowest BCUT2D eigenvalue weighted by Crippen LogP contribution is -2.41. The van der Waals surface area contributed by atoms with Crippen LogP contribution in [0, 0.1) is 6.92 Å². The third-order valence-corrected chi connectivity index (χ3v) is 7.39. The van der Waals surface area contributed by atoms with Gasteiger partial charge in [-0.15, -0.1) is 0 Å². The molecule has 1 amide bonds. The summed E-state index contributed by atoms with van der Waals surface area (Å²) in [6, 6.07) is 21.0. The quantitative estimate of drug-likeness (QED) is 0.423. The molecule has 1 N–H and O–H groups in total. The number of rotatable bonds is 11. The minimum absolute atomic E-state index is 0.0692. The summed E-state index contributed by atoms with van der Waals surface area (Å²) in [6.07, 6.45) is 0. The predicted molar refractivity (Wildman–Crippen MR) is 136 cm³/mol. The van der Waals surface area contributed by atoms with Gasteiger partial charge >= 0.3 is 0 Å². The number of aryl methyl sites for hydroxylation is 1. The lowest BCUT2D eigenvalue weighted by molar-refractivity contribution is -0.122. The fraction of sp³-hybridized carbons (Fsp3) is 0.296. The van der Waals surface area contributed by atoms with Gasteiger partial charge in [-0.2, -0.15) is 4.31 Å². The van der Waals surface area contributed by atoms with E-state index in [0.717, 1.165) is 16.9 Å². The molecule has 35 heavy (non-hydrogen) atoms. The van der Waals surface area contributed by atoms with E-state index in [1.165, 1.54) is 10.4 Å². The molecule has 0 radical (unpaired) electrons. The molecule has 0 saturated carbocycles. The van der Waals surface area contributed by atoms with Crippen molar-refractivity contribution >= 4 is 15.9 Å². The van der Waals surface area contributed by atoms with Crippen LogP contribution in [0.1, 0.15) is 36.6 Å². The van der Waals surface area contributed by atoms with Gasteiger partial charge in [-0.1, -0.05) is 42.5 Å². The number of methoxy groups -OCH3 is 1. The van der Waals surface area contributed by atoms with E-state index in [9.17, 15) is 13.2 Å². The molecule has 8 heteroatoms. The molecule has 0 bridgehead atoms. The van der Waals surface area contributed by atoms with Crippen LogP contribution in [0.3, 0.4) is 0 Å². The summed E-state index contributed by atoms with van der Waals surface area (Å²) in [4.78, 5) is 13.1. The van der Waals surface area contributed by atoms with Crippen molar-refractivity contribution in [3.05, 3.63) is 89.5 Å². The standard InChI is InChI=1S/C27H32N2O5S/c1-5-34-26-16-15-25(17-20(26)2)35(31,32)29(18-22-9-7-6-8-10-22)19-27(30)28-21(3)23-11-13-24(33-4)14-12-23/h6-17,21H,5,18-19H2,1-4H3,(H,28,30). The van der Waals surface area contributed by atoms with E-state index >= 15 is 0 Å². The second kappa shape index (κ2) is 11.9. The SMILES string of the molecule is CCOc1ccc(S(=O)(=O)N(CC(=O)NC(C)c2ccc(OC)cc2)Cc2ccccc2)cc1C. The number of carbonyl (C=O) groups is 1. The summed E-state index contributed by atoms with van der Waals surface area (Å²) in [6.45, 7) is 5.76. The van der Waals surface area contributed by atoms with Gasteiger partial charge in [0.2, 0.25) is 15.9 Å². The highest BCUT2D eigenvalue weighted by Gasteiger charge is 2.28. The summed E-state index contributed by atoms with van der Waals surface area (Å²) in [5.74, 6) is 0.959. The van der Waals surface area contributed by atoms with Gasteiger partial charge in [0.15, 0.2) is 0 Å². The van der Waals surface area contributed by atoms with Crippen molar-refractivity contribution in [2.24, 2.45) is 0 Å². The molecule has 3 rings (SSSR count). The molecule has 0 aliphatic heterocycles. The van der Waals surface area contributed by atoms with Crippen molar-refractivity contribution < 1.29 is 22.7 Å². The maximum atomic E-state index is 13.6. The first kappa shape index (κ1) is 26.2. The van der Waals surface area contributed by atoms with Gasteiger partial charge in [0.1, 0.15) is 11.5 Å². The molecule has 1 unspecified atom stereocenters. The van der Waals surface area contributed by atoms with Crippen LogP contribution in [0.15, 0.2) is 77.7 Å². The average molecular weight is 497 g/mol. The summed E-state index contributed by atoms with van der Waals surface area (Å²) in [5, 5.41) is 2.90. The Labute approximate surface area is 207 Å². The third kappa shape index (κ3) is 6.83. The Morgan fingerprint density at radius 3 is 2.31 bits per heavy atom. The number of amides is 1. The van der Waals surface area contributed by atoms with Crippen molar-refractivity contribution in [1.82, 2.24) is 9.62 Å². The Bertz CT molecular complexity index is 1230. The van der Waals surface area contributed by atoms with Crippen LogP contribution in [-0.4, -0.2) is 38.9 Å². The van der Waals surface area contributed by atoms with Crippen LogP contribution in [-0.2, 0) is 21.4 Å². The zero-order valence-electron chi connectivity index (χ0n) is 20.5. The lowest BCUT2D eigenvalue weighted by atomic mass is 10.1. The molecule has 1 atom stereocenters. The molecule has 0 spiro atoms. The molecule has 0 aliphatic rings. The first-order chi connectivity index (χ1) is 16.7. The van der Waals surface area contributed by atoms with E-state index < -0.39 is 15.9 Å². The Balaban J connectivity index is 1.83. The monoisotopic (exact) mass is 496 g/mol. The normalized spacial score (nSPS) is 12.3. The summed E-state index contributed by atoms with van der Waals surface area (Å²) in [7, 11) is -2.37. The summed E-state index contributed by atoms with van der Waals surface area (Å²) >= 11 is 0. The first-order valence-electron chi connectivity index (χ1n) is 11.5. The van der Waals surface area contributed by atoms with Gasteiger partial charge in [0.25, 0.3) is 0 Å². The van der Waals surface area contributed by atoms with Crippen molar-refractivity contribution in [2.75, 3.05) is 20.3 Å². The minimum Gasteiger partial charge on any atom is -0.497 e. The molecular formula is C27H32N2O5S. The topological polar surface area (TPSA) is 84.9 Å². The van der Waals surface area contributed by atoms with Crippen molar-refractivity contribution in [3.63, 3.8) is 0 Å². The van der Waals surface area contributed by atoms with Gasteiger partial charge in [0.05, 0.1) is 31.2 Å². The van der Waals surface area contributed by atoms with Crippen LogP contribution in [0.25, 0.3) is 0 Å². The van der Waals surface area contributed by atoms with Crippen LogP contribution in [0.2, 0.25) is 0 Å². The molecule has 3 aromatic rings. The van der Waals surface area contributed by atoms with Gasteiger partial charge in [-0.05, 0) is 67.8 Å². The number of carbonyl (C=O) groups excluding carboxylic acids is 1. The minimum atomic E-state index is -3.96. The number of benzene rings is 3. The maximum Gasteiger partial charge on any atom is 0.243 e. The molecule has 0 saturated heterocycles. The van der Waals surface area contributed by atoms with Crippen LogP contribution >= 0.6 is 0 Å². The lowest BCUT2D eigenvalue weighted by Gasteiger charge is -2.24. The smallest absolute Gasteiger partial charge is 0.243 e. The maximum absolute atomic E-state index is 13.6. The fourth-order valence-electron chi connectivity index (χ4n) is 3.68. The van der Waals surface area contributed by atoms with E-state index in [1.54, 1.807) is 26.2 Å². The number of ether oxygens (including phenoxy) is 2. The van der Waals surface area contributed by atoms with Crippen LogP contribution in [0.5, 0.6) is 11.5 Å². The number of sulfonamides is 1. The predicted octanol–water partition coefficient (Wildman–Crippen LogP) is 4.47. The van der Waals surface area contributed by atoms with Gasteiger partial charge < -0.3 is 14.8 Å². The Kier molecular flexibility index (Phi) is 8.89. The zero-order valence-corrected chi connectivity index (χ0v) is 21.3. The number of hydrogen-bond acceptors (Lipinski definition) is 5. The second-order valence-corrected chi connectivity index (χ2v) is 10.1. The van der Waals surface area contributed by atoms with Gasteiger partial charge in [0, 0.05) is 6.54 Å². The number of nitrogens with zero attached hydrogens (tertiary/aromatic N) is 1. The number of nitrogens with one attached hydrogen (secondary N) is 1. The van der Waals surface area contributed by atoms with E-state index in [4.69, 9.17) is 9.47 Å². The molecule has 0 heterocycles.